The SMILES string of the molecule is COc1ccc(CSc2nc(C(=NOCc3ccccc3)C(=O)O)cs2)cc1. The monoisotopic (exact) mass is 414 g/mol. The first-order valence-corrected chi connectivity index (χ1v) is 10.2. The second kappa shape index (κ2) is 9.91. The summed E-state index contributed by atoms with van der Waals surface area (Å²) in [6, 6.07) is 17.2. The second-order valence-corrected chi connectivity index (χ2v) is 7.72. The number of carboxylic acid groups (broad SMARTS) is 1. The zero-order valence-corrected chi connectivity index (χ0v) is 16.7. The Morgan fingerprint density at radius 1 is 1.14 bits per heavy atom. The second-order valence-electron chi connectivity index (χ2n) is 5.64. The van der Waals surface area contributed by atoms with Gasteiger partial charge in [0.25, 0.3) is 0 Å². The number of methoxy groups -OCH3 is 1. The molecule has 0 aliphatic rings. The summed E-state index contributed by atoms with van der Waals surface area (Å²) < 4.78 is 5.91. The summed E-state index contributed by atoms with van der Waals surface area (Å²) in [5.74, 6) is 0.356. The highest BCUT2D eigenvalue weighted by Gasteiger charge is 2.18. The van der Waals surface area contributed by atoms with Crippen molar-refractivity contribution in [3.63, 3.8) is 0 Å². The van der Waals surface area contributed by atoms with Gasteiger partial charge in [0.15, 0.2) is 4.34 Å². The highest BCUT2D eigenvalue weighted by molar-refractivity contribution is 8.00. The van der Waals surface area contributed by atoms with E-state index in [2.05, 4.69) is 10.1 Å². The summed E-state index contributed by atoms with van der Waals surface area (Å²) in [4.78, 5) is 21.1. The van der Waals surface area contributed by atoms with Crippen LogP contribution < -0.4 is 4.74 Å². The summed E-state index contributed by atoms with van der Waals surface area (Å²) >= 11 is 2.91. The van der Waals surface area contributed by atoms with Gasteiger partial charge in [-0.05, 0) is 23.3 Å². The van der Waals surface area contributed by atoms with E-state index >= 15 is 0 Å². The predicted molar refractivity (Wildman–Crippen MR) is 110 cm³/mol. The number of thioether (sulfide) groups is 1. The van der Waals surface area contributed by atoms with Crippen LogP contribution in [0.4, 0.5) is 0 Å². The summed E-state index contributed by atoms with van der Waals surface area (Å²) in [5.41, 5.74) is 2.12. The zero-order chi connectivity index (χ0) is 19.8. The Kier molecular flexibility index (Phi) is 7.05. The fourth-order valence-electron chi connectivity index (χ4n) is 2.24. The summed E-state index contributed by atoms with van der Waals surface area (Å²) in [7, 11) is 1.63. The van der Waals surface area contributed by atoms with E-state index in [1.165, 1.54) is 23.1 Å². The molecule has 2 aromatic carbocycles. The standard InChI is InChI=1S/C20H18N2O4S2/c1-25-16-9-7-15(8-10-16)12-27-20-21-17(13-28-20)18(19(23)24)22-26-11-14-5-3-2-4-6-14/h2-10,13H,11-12H2,1H3,(H,23,24). The van der Waals surface area contributed by atoms with Crippen LogP contribution in [-0.2, 0) is 22.0 Å². The molecule has 0 spiro atoms. The normalized spacial score (nSPS) is 11.2. The molecule has 0 atom stereocenters. The average molecular weight is 415 g/mol. The van der Waals surface area contributed by atoms with Crippen molar-refractivity contribution in [3.05, 3.63) is 76.8 Å². The maximum Gasteiger partial charge on any atom is 0.360 e. The summed E-state index contributed by atoms with van der Waals surface area (Å²) in [5, 5.41) is 14.9. The minimum atomic E-state index is -1.18. The van der Waals surface area contributed by atoms with E-state index in [-0.39, 0.29) is 12.3 Å². The molecule has 28 heavy (non-hydrogen) atoms. The quantitative estimate of drug-likeness (QED) is 0.317. The lowest BCUT2D eigenvalue weighted by Gasteiger charge is -2.02. The van der Waals surface area contributed by atoms with Crippen LogP contribution in [0.1, 0.15) is 16.8 Å². The molecule has 1 aromatic heterocycles. The van der Waals surface area contributed by atoms with Gasteiger partial charge in [0.1, 0.15) is 18.1 Å². The van der Waals surface area contributed by atoms with Gasteiger partial charge in [-0.3, -0.25) is 0 Å². The first kappa shape index (κ1) is 19.9. The number of oxime groups is 1. The Balaban J connectivity index is 1.61. The number of hydrogen-bond donors (Lipinski definition) is 1. The van der Waals surface area contributed by atoms with E-state index in [4.69, 9.17) is 9.57 Å². The number of ether oxygens (including phenoxy) is 1. The molecule has 0 bridgehead atoms. The molecule has 0 saturated carbocycles. The Morgan fingerprint density at radius 2 is 1.89 bits per heavy atom. The van der Waals surface area contributed by atoms with Crippen LogP contribution in [0.5, 0.6) is 5.75 Å². The smallest absolute Gasteiger partial charge is 0.360 e. The molecule has 0 amide bonds. The Morgan fingerprint density at radius 3 is 2.57 bits per heavy atom. The van der Waals surface area contributed by atoms with Gasteiger partial charge in [0, 0.05) is 11.1 Å². The zero-order valence-electron chi connectivity index (χ0n) is 15.1. The van der Waals surface area contributed by atoms with Crippen molar-refractivity contribution in [3.8, 4) is 5.75 Å². The van der Waals surface area contributed by atoms with E-state index in [1.54, 1.807) is 12.5 Å². The minimum Gasteiger partial charge on any atom is -0.497 e. The van der Waals surface area contributed by atoms with Crippen molar-refractivity contribution >= 4 is 34.8 Å². The number of hydrogen-bond acceptors (Lipinski definition) is 7. The molecule has 0 saturated heterocycles. The molecule has 0 radical (unpaired) electrons. The number of aromatic nitrogens is 1. The highest BCUT2D eigenvalue weighted by Crippen LogP contribution is 2.27. The number of carboxylic acids is 1. The minimum absolute atomic E-state index is 0.195. The lowest BCUT2D eigenvalue weighted by molar-refractivity contribution is -0.129. The van der Waals surface area contributed by atoms with Crippen LogP contribution in [0.2, 0.25) is 0 Å². The highest BCUT2D eigenvalue weighted by atomic mass is 32.2. The maximum absolute atomic E-state index is 11.5. The van der Waals surface area contributed by atoms with E-state index in [0.717, 1.165) is 27.0 Å². The molecule has 144 valence electrons. The molecule has 1 N–H and O–H groups in total. The van der Waals surface area contributed by atoms with Gasteiger partial charge in [-0.15, -0.1) is 11.3 Å². The van der Waals surface area contributed by atoms with Crippen LogP contribution in [0.15, 0.2) is 69.5 Å². The topological polar surface area (TPSA) is 81.0 Å². The fourth-order valence-corrected chi connectivity index (χ4v) is 4.01. The molecular weight excluding hydrogens is 396 g/mol. The van der Waals surface area contributed by atoms with Crippen molar-refractivity contribution in [2.45, 2.75) is 16.7 Å². The van der Waals surface area contributed by atoms with Gasteiger partial charge in [0.05, 0.1) is 7.11 Å². The Bertz CT molecular complexity index is 940. The van der Waals surface area contributed by atoms with Crippen molar-refractivity contribution < 1.29 is 19.5 Å². The average Bonchev–Trinajstić information content (AvgIpc) is 3.19. The van der Waals surface area contributed by atoms with Crippen molar-refractivity contribution in [1.82, 2.24) is 4.98 Å². The number of aliphatic carboxylic acids is 1. The van der Waals surface area contributed by atoms with Gasteiger partial charge < -0.3 is 14.7 Å². The number of thiazole rings is 1. The van der Waals surface area contributed by atoms with Gasteiger partial charge >= 0.3 is 5.97 Å². The van der Waals surface area contributed by atoms with Crippen LogP contribution in [0, 0.1) is 0 Å². The van der Waals surface area contributed by atoms with E-state index in [9.17, 15) is 9.90 Å². The van der Waals surface area contributed by atoms with Crippen molar-refractivity contribution in [2.75, 3.05) is 7.11 Å². The van der Waals surface area contributed by atoms with E-state index < -0.39 is 5.97 Å². The van der Waals surface area contributed by atoms with Gasteiger partial charge in [-0.25, -0.2) is 9.78 Å². The summed E-state index contributed by atoms with van der Waals surface area (Å²) in [6.07, 6.45) is 0. The third-order valence-corrected chi connectivity index (χ3v) is 5.77. The molecule has 0 unspecified atom stereocenters. The lowest BCUT2D eigenvalue weighted by Crippen LogP contribution is -2.15. The van der Waals surface area contributed by atoms with Crippen LogP contribution in [-0.4, -0.2) is 28.9 Å². The molecule has 0 aliphatic heterocycles. The molecule has 3 rings (SSSR count). The number of nitrogens with zero attached hydrogens (tertiary/aromatic N) is 2. The number of carbonyl (C=O) groups is 1. The Hall–Kier alpha value is -2.84. The molecule has 1 heterocycles. The van der Waals surface area contributed by atoms with Crippen LogP contribution in [0.3, 0.4) is 0 Å². The molecular formula is C20H18N2O4S2. The predicted octanol–water partition coefficient (Wildman–Crippen LogP) is 4.45. The third-order valence-electron chi connectivity index (χ3n) is 3.68. The first-order valence-electron chi connectivity index (χ1n) is 8.34. The molecule has 6 nitrogen and oxygen atoms in total. The third kappa shape index (κ3) is 5.58. The molecule has 3 aromatic rings. The largest absolute Gasteiger partial charge is 0.497 e. The van der Waals surface area contributed by atoms with Crippen molar-refractivity contribution in [2.24, 2.45) is 5.16 Å². The molecule has 0 fully saturated rings. The van der Waals surface area contributed by atoms with Crippen molar-refractivity contribution in [1.29, 1.82) is 0 Å². The van der Waals surface area contributed by atoms with Gasteiger partial charge in [0.2, 0.25) is 5.71 Å². The van der Waals surface area contributed by atoms with Gasteiger partial charge in [-0.1, -0.05) is 59.4 Å². The summed E-state index contributed by atoms with van der Waals surface area (Å²) in [6.45, 7) is 0.195. The Labute approximate surface area is 170 Å². The lowest BCUT2D eigenvalue weighted by atomic mass is 10.2. The number of benzene rings is 2. The van der Waals surface area contributed by atoms with E-state index in [1.807, 2.05) is 54.6 Å². The number of rotatable bonds is 9. The molecule has 0 aliphatic carbocycles. The van der Waals surface area contributed by atoms with Crippen LogP contribution >= 0.6 is 23.1 Å². The first-order chi connectivity index (χ1) is 13.7. The van der Waals surface area contributed by atoms with Gasteiger partial charge in [-0.2, -0.15) is 0 Å². The fraction of sp³-hybridized carbons (Fsp3) is 0.150. The maximum atomic E-state index is 11.5. The molecule has 8 heteroatoms. The van der Waals surface area contributed by atoms with Crippen LogP contribution in [0.25, 0.3) is 0 Å². The van der Waals surface area contributed by atoms with E-state index in [0.29, 0.717) is 5.69 Å².